The maximum Gasteiger partial charge on any atom is 0.240 e. The standard InChI is InChI=1S/C12H19N3O2/c1-9-3-4-15(6-10-7-17-8-14-10)12(16)11(5-9)13-2/h7-9,11,13H,3-6H2,1-2H3. The van der Waals surface area contributed by atoms with Crippen molar-refractivity contribution in [3.63, 3.8) is 0 Å². The van der Waals surface area contributed by atoms with Crippen LogP contribution in [-0.2, 0) is 11.3 Å². The molecule has 0 bridgehead atoms. The number of nitrogens with one attached hydrogen (secondary N) is 1. The first-order chi connectivity index (χ1) is 8.20. The maximum absolute atomic E-state index is 12.3. The number of hydrogen-bond acceptors (Lipinski definition) is 4. The molecule has 1 amide bonds. The predicted octanol–water partition coefficient (Wildman–Crippen LogP) is 1.02. The molecule has 2 atom stereocenters. The molecule has 0 radical (unpaired) electrons. The first-order valence-corrected chi connectivity index (χ1v) is 6.04. The van der Waals surface area contributed by atoms with Gasteiger partial charge in [-0.3, -0.25) is 4.79 Å². The van der Waals surface area contributed by atoms with Crippen LogP contribution in [0.2, 0.25) is 0 Å². The van der Waals surface area contributed by atoms with Gasteiger partial charge in [-0.1, -0.05) is 6.92 Å². The summed E-state index contributed by atoms with van der Waals surface area (Å²) in [6.07, 6.45) is 4.94. The smallest absolute Gasteiger partial charge is 0.240 e. The fraction of sp³-hybridized carbons (Fsp3) is 0.667. The van der Waals surface area contributed by atoms with E-state index in [-0.39, 0.29) is 11.9 Å². The molecule has 1 aliphatic rings. The molecule has 1 aliphatic heterocycles. The van der Waals surface area contributed by atoms with Gasteiger partial charge in [0.1, 0.15) is 6.26 Å². The molecule has 5 heteroatoms. The quantitative estimate of drug-likeness (QED) is 0.852. The monoisotopic (exact) mass is 237 g/mol. The molecular formula is C12H19N3O2. The lowest BCUT2D eigenvalue weighted by atomic mass is 10.0. The number of carbonyl (C=O) groups is 1. The molecule has 1 aromatic rings. The van der Waals surface area contributed by atoms with Crippen LogP contribution in [0.1, 0.15) is 25.5 Å². The van der Waals surface area contributed by atoms with E-state index < -0.39 is 0 Å². The van der Waals surface area contributed by atoms with Gasteiger partial charge in [-0.05, 0) is 25.8 Å². The van der Waals surface area contributed by atoms with Crippen molar-refractivity contribution in [3.05, 3.63) is 18.4 Å². The Bertz CT molecular complexity index is 364. The van der Waals surface area contributed by atoms with Gasteiger partial charge in [0.2, 0.25) is 5.91 Å². The second-order valence-corrected chi connectivity index (χ2v) is 4.71. The number of rotatable bonds is 3. The summed E-state index contributed by atoms with van der Waals surface area (Å²) in [6, 6.07) is -0.0700. The number of aromatic nitrogens is 1. The van der Waals surface area contributed by atoms with E-state index in [9.17, 15) is 4.79 Å². The van der Waals surface area contributed by atoms with Crippen molar-refractivity contribution in [1.82, 2.24) is 15.2 Å². The number of oxazole rings is 1. The van der Waals surface area contributed by atoms with Gasteiger partial charge in [-0.15, -0.1) is 0 Å². The van der Waals surface area contributed by atoms with Crippen LogP contribution in [0.25, 0.3) is 0 Å². The Morgan fingerprint density at radius 1 is 1.65 bits per heavy atom. The molecule has 5 nitrogen and oxygen atoms in total. The van der Waals surface area contributed by atoms with Gasteiger partial charge >= 0.3 is 0 Å². The Balaban J connectivity index is 2.07. The molecule has 1 fully saturated rings. The number of hydrogen-bond donors (Lipinski definition) is 1. The van der Waals surface area contributed by atoms with Crippen molar-refractivity contribution in [1.29, 1.82) is 0 Å². The Hall–Kier alpha value is -1.36. The molecule has 0 saturated carbocycles. The van der Waals surface area contributed by atoms with Gasteiger partial charge in [-0.25, -0.2) is 4.98 Å². The molecule has 1 N–H and O–H groups in total. The third-order valence-corrected chi connectivity index (χ3v) is 3.32. The minimum Gasteiger partial charge on any atom is -0.451 e. The predicted molar refractivity (Wildman–Crippen MR) is 63.2 cm³/mol. The minimum absolute atomic E-state index is 0.0700. The van der Waals surface area contributed by atoms with E-state index in [4.69, 9.17) is 4.42 Å². The summed E-state index contributed by atoms with van der Waals surface area (Å²) >= 11 is 0. The van der Waals surface area contributed by atoms with Crippen molar-refractivity contribution in [2.45, 2.75) is 32.4 Å². The largest absolute Gasteiger partial charge is 0.451 e. The van der Waals surface area contributed by atoms with E-state index in [2.05, 4.69) is 17.2 Å². The van der Waals surface area contributed by atoms with Crippen LogP contribution in [0.3, 0.4) is 0 Å². The lowest BCUT2D eigenvalue weighted by molar-refractivity contribution is -0.133. The van der Waals surface area contributed by atoms with Crippen molar-refractivity contribution < 1.29 is 9.21 Å². The summed E-state index contributed by atoms with van der Waals surface area (Å²) in [5, 5.41) is 3.10. The van der Waals surface area contributed by atoms with Crippen LogP contribution in [0.5, 0.6) is 0 Å². The van der Waals surface area contributed by atoms with Crippen LogP contribution in [-0.4, -0.2) is 35.4 Å². The highest BCUT2D eigenvalue weighted by molar-refractivity contribution is 5.82. The first-order valence-electron chi connectivity index (χ1n) is 6.04. The van der Waals surface area contributed by atoms with Crippen molar-refractivity contribution in [2.75, 3.05) is 13.6 Å². The normalized spacial score (nSPS) is 26.0. The summed E-state index contributed by atoms with van der Waals surface area (Å²) in [4.78, 5) is 18.2. The molecule has 17 heavy (non-hydrogen) atoms. The highest BCUT2D eigenvalue weighted by atomic mass is 16.3. The van der Waals surface area contributed by atoms with Gasteiger partial charge in [0.25, 0.3) is 0 Å². The average Bonchev–Trinajstić information content (AvgIpc) is 2.78. The average molecular weight is 237 g/mol. The Kier molecular flexibility index (Phi) is 3.78. The SMILES string of the molecule is CNC1CC(C)CCN(Cc2cocn2)C1=O. The van der Waals surface area contributed by atoms with E-state index in [0.717, 1.165) is 25.1 Å². The Morgan fingerprint density at radius 2 is 2.47 bits per heavy atom. The fourth-order valence-electron chi connectivity index (χ4n) is 2.24. The zero-order valence-corrected chi connectivity index (χ0v) is 10.3. The molecule has 0 spiro atoms. The van der Waals surface area contributed by atoms with Crippen LogP contribution in [0, 0.1) is 5.92 Å². The van der Waals surface area contributed by atoms with E-state index in [1.54, 1.807) is 6.26 Å². The second-order valence-electron chi connectivity index (χ2n) is 4.71. The summed E-state index contributed by atoms with van der Waals surface area (Å²) < 4.78 is 4.93. The molecule has 94 valence electrons. The number of amides is 1. The zero-order valence-electron chi connectivity index (χ0n) is 10.3. The molecule has 1 saturated heterocycles. The topological polar surface area (TPSA) is 58.4 Å². The third-order valence-electron chi connectivity index (χ3n) is 3.32. The van der Waals surface area contributed by atoms with E-state index in [0.29, 0.717) is 12.5 Å². The van der Waals surface area contributed by atoms with Crippen molar-refractivity contribution in [2.24, 2.45) is 5.92 Å². The minimum atomic E-state index is -0.0700. The number of nitrogens with zero attached hydrogens (tertiary/aromatic N) is 2. The zero-order chi connectivity index (χ0) is 12.3. The molecular weight excluding hydrogens is 218 g/mol. The van der Waals surface area contributed by atoms with Gasteiger partial charge < -0.3 is 14.6 Å². The van der Waals surface area contributed by atoms with Gasteiger partial charge in [0.05, 0.1) is 18.3 Å². The number of likely N-dealkylation sites (N-methyl/N-ethyl adjacent to an activating group) is 1. The first kappa shape index (κ1) is 12.1. The summed E-state index contributed by atoms with van der Waals surface area (Å²) in [7, 11) is 1.84. The fourth-order valence-corrected chi connectivity index (χ4v) is 2.24. The van der Waals surface area contributed by atoms with Crippen molar-refractivity contribution in [3.8, 4) is 0 Å². The molecule has 0 aliphatic carbocycles. The van der Waals surface area contributed by atoms with Gasteiger partial charge in [0, 0.05) is 6.54 Å². The highest BCUT2D eigenvalue weighted by Gasteiger charge is 2.28. The summed E-state index contributed by atoms with van der Waals surface area (Å²) in [5.41, 5.74) is 0.808. The van der Waals surface area contributed by atoms with E-state index in [1.807, 2.05) is 11.9 Å². The van der Waals surface area contributed by atoms with E-state index in [1.165, 1.54) is 6.39 Å². The molecule has 2 unspecified atom stereocenters. The molecule has 0 aromatic carbocycles. The van der Waals surface area contributed by atoms with Crippen LogP contribution >= 0.6 is 0 Å². The Labute approximate surface area is 101 Å². The second kappa shape index (κ2) is 5.31. The lowest BCUT2D eigenvalue weighted by Gasteiger charge is -2.23. The third kappa shape index (κ3) is 2.85. The molecule has 1 aromatic heterocycles. The van der Waals surface area contributed by atoms with Crippen LogP contribution in [0.4, 0.5) is 0 Å². The van der Waals surface area contributed by atoms with Crippen LogP contribution in [0.15, 0.2) is 17.1 Å². The van der Waals surface area contributed by atoms with Crippen LogP contribution < -0.4 is 5.32 Å². The Morgan fingerprint density at radius 3 is 3.12 bits per heavy atom. The van der Waals surface area contributed by atoms with E-state index >= 15 is 0 Å². The number of carbonyl (C=O) groups excluding carboxylic acids is 1. The molecule has 2 heterocycles. The van der Waals surface area contributed by atoms with Gasteiger partial charge in [-0.2, -0.15) is 0 Å². The molecule has 2 rings (SSSR count). The highest BCUT2D eigenvalue weighted by Crippen LogP contribution is 2.19. The van der Waals surface area contributed by atoms with Gasteiger partial charge in [0.15, 0.2) is 6.39 Å². The maximum atomic E-state index is 12.3. The van der Waals surface area contributed by atoms with Crippen molar-refractivity contribution >= 4 is 5.91 Å². The lowest BCUT2D eigenvalue weighted by Crippen LogP contribution is -2.43. The summed E-state index contributed by atoms with van der Waals surface area (Å²) in [6.45, 7) is 3.53. The number of likely N-dealkylation sites (tertiary alicyclic amines) is 1. The summed E-state index contributed by atoms with van der Waals surface area (Å²) in [5.74, 6) is 0.735.